The quantitative estimate of drug-likeness (QED) is 0.717. The summed E-state index contributed by atoms with van der Waals surface area (Å²) in [5.41, 5.74) is 1.27. The number of H-pyrrole nitrogens is 1. The van der Waals surface area contributed by atoms with Crippen LogP contribution in [0.25, 0.3) is 0 Å². The zero-order valence-corrected chi connectivity index (χ0v) is 10.6. The van der Waals surface area contributed by atoms with Crippen molar-refractivity contribution >= 4 is 11.7 Å². The number of hydrogen-bond donors (Lipinski definition) is 3. The van der Waals surface area contributed by atoms with Crippen LogP contribution in [0, 0.1) is 0 Å². The zero-order valence-electron chi connectivity index (χ0n) is 10.6. The Morgan fingerprint density at radius 3 is 3.05 bits per heavy atom. The Bertz CT molecular complexity index is 583. The fourth-order valence-electron chi connectivity index (χ4n) is 1.81. The molecule has 3 N–H and O–H groups in total. The van der Waals surface area contributed by atoms with E-state index in [1.54, 1.807) is 16.9 Å². The summed E-state index contributed by atoms with van der Waals surface area (Å²) < 4.78 is 1.72. The highest BCUT2D eigenvalue weighted by Crippen LogP contribution is 2.11. The highest BCUT2D eigenvalue weighted by Gasteiger charge is 2.21. The van der Waals surface area contributed by atoms with E-state index in [9.17, 15) is 4.79 Å². The summed E-state index contributed by atoms with van der Waals surface area (Å²) >= 11 is 0. The van der Waals surface area contributed by atoms with E-state index < -0.39 is 0 Å². The molecule has 8 nitrogen and oxygen atoms in total. The summed E-state index contributed by atoms with van der Waals surface area (Å²) in [6.07, 6.45) is 2.50. The number of carbonyl (C=O) groups excluding carboxylic acids is 1. The molecule has 0 aliphatic carbocycles. The van der Waals surface area contributed by atoms with E-state index in [0.717, 1.165) is 25.2 Å². The van der Waals surface area contributed by atoms with Gasteiger partial charge in [-0.1, -0.05) is 12.1 Å². The van der Waals surface area contributed by atoms with Gasteiger partial charge in [-0.3, -0.25) is 9.89 Å². The summed E-state index contributed by atoms with van der Waals surface area (Å²) in [6, 6.07) is 2.10. The van der Waals surface area contributed by atoms with E-state index in [1.807, 2.05) is 6.92 Å². The number of nitrogens with zero attached hydrogens (tertiary/aromatic N) is 4. The summed E-state index contributed by atoms with van der Waals surface area (Å²) in [7, 11) is 0. The van der Waals surface area contributed by atoms with Crippen LogP contribution in [0.1, 0.15) is 29.1 Å². The molecular formula is C11H15N7O. The third-order valence-electron chi connectivity index (χ3n) is 3.13. The normalized spacial score (nSPS) is 15.2. The van der Waals surface area contributed by atoms with Crippen molar-refractivity contribution in [2.45, 2.75) is 19.4 Å². The van der Waals surface area contributed by atoms with Crippen molar-refractivity contribution in [3.63, 3.8) is 0 Å². The van der Waals surface area contributed by atoms with Gasteiger partial charge in [-0.15, -0.1) is 5.10 Å². The fraction of sp³-hybridized carbons (Fsp3) is 0.455. The number of aryl methyl sites for hydroxylation is 1. The van der Waals surface area contributed by atoms with Gasteiger partial charge in [0.15, 0.2) is 11.5 Å². The average Bonchev–Trinajstić information content (AvgIpc) is 2.96. The van der Waals surface area contributed by atoms with Crippen LogP contribution in [0.5, 0.6) is 0 Å². The van der Waals surface area contributed by atoms with Crippen molar-refractivity contribution in [1.29, 1.82) is 0 Å². The molecular weight excluding hydrogens is 246 g/mol. The Morgan fingerprint density at radius 1 is 1.58 bits per heavy atom. The van der Waals surface area contributed by atoms with Gasteiger partial charge in [0, 0.05) is 24.8 Å². The maximum Gasteiger partial charge on any atom is 0.279 e. The van der Waals surface area contributed by atoms with Gasteiger partial charge in [-0.05, 0) is 6.42 Å². The van der Waals surface area contributed by atoms with Crippen LogP contribution in [0.15, 0.2) is 12.3 Å². The molecule has 0 aromatic carbocycles. The van der Waals surface area contributed by atoms with E-state index in [4.69, 9.17) is 0 Å². The Balaban J connectivity index is 1.67. The van der Waals surface area contributed by atoms with Crippen LogP contribution in [-0.4, -0.2) is 44.2 Å². The molecule has 0 atom stereocenters. The zero-order chi connectivity index (χ0) is 13.2. The largest absolute Gasteiger partial charge is 0.312 e. The molecule has 1 amide bonds. The minimum atomic E-state index is -0.298. The molecule has 19 heavy (non-hydrogen) atoms. The Kier molecular flexibility index (Phi) is 3.00. The first kappa shape index (κ1) is 11.8. The van der Waals surface area contributed by atoms with E-state index in [2.05, 4.69) is 31.1 Å². The highest BCUT2D eigenvalue weighted by atomic mass is 16.2. The van der Waals surface area contributed by atoms with Crippen LogP contribution in [0.3, 0.4) is 0 Å². The standard InChI is InChI=1S/C11H15N7O/c1-2-7-3-10(16-14-7)13-11(19)9-6-18(17-15-9)8-4-12-5-8/h3,6,8,12H,2,4-5H2,1H3,(H2,13,14,16,19). The molecule has 2 aromatic rings. The van der Waals surface area contributed by atoms with E-state index in [1.165, 1.54) is 0 Å². The van der Waals surface area contributed by atoms with Crippen LogP contribution in [-0.2, 0) is 6.42 Å². The molecule has 0 unspecified atom stereocenters. The minimum absolute atomic E-state index is 0.297. The molecule has 1 fully saturated rings. The molecule has 0 radical (unpaired) electrons. The predicted molar refractivity (Wildman–Crippen MR) is 67.8 cm³/mol. The number of amides is 1. The smallest absolute Gasteiger partial charge is 0.279 e. The van der Waals surface area contributed by atoms with Gasteiger partial charge in [-0.25, -0.2) is 4.68 Å². The van der Waals surface area contributed by atoms with Crippen LogP contribution >= 0.6 is 0 Å². The SMILES string of the molecule is CCc1cc(NC(=O)c2cn(C3CNC3)nn2)n[nH]1. The number of aromatic nitrogens is 5. The van der Waals surface area contributed by atoms with E-state index in [0.29, 0.717) is 17.6 Å². The van der Waals surface area contributed by atoms with E-state index in [-0.39, 0.29) is 5.91 Å². The fourth-order valence-corrected chi connectivity index (χ4v) is 1.81. The number of aromatic amines is 1. The highest BCUT2D eigenvalue weighted by molar-refractivity contribution is 6.02. The Labute approximate surface area is 109 Å². The molecule has 100 valence electrons. The Morgan fingerprint density at radius 2 is 2.42 bits per heavy atom. The molecule has 1 aliphatic heterocycles. The van der Waals surface area contributed by atoms with Crippen molar-refractivity contribution in [2.24, 2.45) is 0 Å². The first-order valence-electron chi connectivity index (χ1n) is 6.24. The lowest BCUT2D eigenvalue weighted by atomic mass is 10.2. The van der Waals surface area contributed by atoms with Gasteiger partial charge < -0.3 is 10.6 Å². The number of anilines is 1. The van der Waals surface area contributed by atoms with Crippen molar-refractivity contribution in [1.82, 2.24) is 30.5 Å². The van der Waals surface area contributed by atoms with Crippen LogP contribution < -0.4 is 10.6 Å². The minimum Gasteiger partial charge on any atom is -0.312 e. The molecule has 0 saturated carbocycles. The van der Waals surface area contributed by atoms with E-state index >= 15 is 0 Å². The summed E-state index contributed by atoms with van der Waals surface area (Å²) in [4.78, 5) is 12.0. The topological polar surface area (TPSA) is 101 Å². The van der Waals surface area contributed by atoms with Gasteiger partial charge in [0.1, 0.15) is 0 Å². The molecule has 3 rings (SSSR count). The third kappa shape index (κ3) is 2.34. The summed E-state index contributed by atoms with van der Waals surface area (Å²) in [6.45, 7) is 3.74. The monoisotopic (exact) mass is 261 g/mol. The number of rotatable bonds is 4. The average molecular weight is 261 g/mol. The lowest BCUT2D eigenvalue weighted by molar-refractivity contribution is 0.102. The van der Waals surface area contributed by atoms with Gasteiger partial charge in [0.05, 0.1) is 12.2 Å². The second-order valence-corrected chi connectivity index (χ2v) is 4.48. The molecule has 1 saturated heterocycles. The maximum atomic E-state index is 12.0. The molecule has 0 bridgehead atoms. The number of carbonyl (C=O) groups is 1. The van der Waals surface area contributed by atoms with Gasteiger partial charge >= 0.3 is 0 Å². The molecule has 3 heterocycles. The van der Waals surface area contributed by atoms with Gasteiger partial charge in [0.25, 0.3) is 5.91 Å². The van der Waals surface area contributed by atoms with Crippen molar-refractivity contribution in [3.8, 4) is 0 Å². The predicted octanol–water partition coefficient (Wildman–Crippen LogP) is -0.0398. The summed E-state index contributed by atoms with van der Waals surface area (Å²) in [5.74, 6) is 0.203. The van der Waals surface area contributed by atoms with Gasteiger partial charge in [-0.2, -0.15) is 5.10 Å². The molecule has 0 spiro atoms. The number of nitrogens with one attached hydrogen (secondary N) is 3. The number of hydrogen-bond acceptors (Lipinski definition) is 5. The molecule has 1 aliphatic rings. The van der Waals surface area contributed by atoms with Crippen LogP contribution in [0.2, 0.25) is 0 Å². The summed E-state index contributed by atoms with van der Waals surface area (Å²) in [5, 5.41) is 20.5. The first-order valence-corrected chi connectivity index (χ1v) is 6.24. The van der Waals surface area contributed by atoms with Crippen molar-refractivity contribution < 1.29 is 4.79 Å². The third-order valence-corrected chi connectivity index (χ3v) is 3.13. The second-order valence-electron chi connectivity index (χ2n) is 4.48. The maximum absolute atomic E-state index is 12.0. The Hall–Kier alpha value is -2.22. The van der Waals surface area contributed by atoms with Gasteiger partial charge in [0.2, 0.25) is 0 Å². The lowest BCUT2D eigenvalue weighted by Gasteiger charge is -2.26. The lowest BCUT2D eigenvalue weighted by Crippen LogP contribution is -2.43. The molecule has 2 aromatic heterocycles. The second kappa shape index (κ2) is 4.81. The van der Waals surface area contributed by atoms with Crippen molar-refractivity contribution in [2.75, 3.05) is 18.4 Å². The first-order chi connectivity index (χ1) is 9.26. The molecule has 8 heteroatoms. The van der Waals surface area contributed by atoms with Crippen LogP contribution in [0.4, 0.5) is 5.82 Å². The van der Waals surface area contributed by atoms with Crippen molar-refractivity contribution in [3.05, 3.63) is 23.7 Å².